The molecule has 0 saturated heterocycles. The van der Waals surface area contributed by atoms with Gasteiger partial charge >= 0.3 is 0 Å². The van der Waals surface area contributed by atoms with Gasteiger partial charge in [0.25, 0.3) is 0 Å². The molecule has 11 nitrogen and oxygen atoms in total. The Morgan fingerprint density at radius 3 is 1.45 bits per heavy atom. The Morgan fingerprint density at radius 2 is 1.00 bits per heavy atom. The molecule has 0 unspecified atom stereocenters. The van der Waals surface area contributed by atoms with Crippen LogP contribution in [0.1, 0.15) is 31.2 Å². The molecule has 11 heteroatoms. The first-order chi connectivity index (χ1) is 25.0. The minimum Gasteiger partial charge on any atom is -0.493 e. The van der Waals surface area contributed by atoms with Gasteiger partial charge in [0, 0.05) is 34.9 Å². The zero-order chi connectivity index (χ0) is 35.8. The minimum atomic E-state index is -0.141. The van der Waals surface area contributed by atoms with E-state index < -0.39 is 0 Å². The smallest absolute Gasteiger partial charge is 0.228 e. The summed E-state index contributed by atoms with van der Waals surface area (Å²) in [4.78, 5) is 16.8. The second kappa shape index (κ2) is 19.4. The van der Waals surface area contributed by atoms with Crippen molar-refractivity contribution in [1.82, 2.24) is 4.98 Å². The third-order valence-corrected chi connectivity index (χ3v) is 8.14. The molecular weight excluding hydrogens is 644 g/mol. The van der Waals surface area contributed by atoms with Gasteiger partial charge in [0.15, 0.2) is 0 Å². The van der Waals surface area contributed by atoms with Crippen LogP contribution in [0.5, 0.6) is 23.0 Å². The molecule has 1 amide bonds. The summed E-state index contributed by atoms with van der Waals surface area (Å²) >= 11 is 0. The molecule has 0 aliphatic heterocycles. The van der Waals surface area contributed by atoms with Gasteiger partial charge in [-0.05, 0) is 128 Å². The fraction of sp³-hybridized carbons (Fsp3) is 0.325. The van der Waals surface area contributed by atoms with E-state index in [4.69, 9.17) is 41.9 Å². The number of hydrogen-bond donors (Lipinski definition) is 6. The Balaban J connectivity index is 1.56. The van der Waals surface area contributed by atoms with E-state index in [9.17, 15) is 4.79 Å². The minimum absolute atomic E-state index is 0.141. The molecule has 0 fully saturated rings. The van der Waals surface area contributed by atoms with Crippen molar-refractivity contribution in [2.45, 2.75) is 32.1 Å². The predicted octanol–water partition coefficient (Wildman–Crippen LogP) is 5.59. The summed E-state index contributed by atoms with van der Waals surface area (Å²) in [5, 5.41) is 4.18. The number of H-pyrrole nitrogens is 1. The molecule has 0 spiro atoms. The van der Waals surface area contributed by atoms with Crippen molar-refractivity contribution in [3.8, 4) is 45.3 Å². The van der Waals surface area contributed by atoms with E-state index in [1.807, 2.05) is 79.0 Å². The van der Waals surface area contributed by atoms with Crippen LogP contribution in [0.25, 0.3) is 33.2 Å². The Morgan fingerprint density at radius 1 is 0.569 bits per heavy atom. The maximum absolute atomic E-state index is 13.6. The molecule has 1 aromatic heterocycles. The highest BCUT2D eigenvalue weighted by molar-refractivity contribution is 5.97. The largest absolute Gasteiger partial charge is 0.493 e. The summed E-state index contributed by atoms with van der Waals surface area (Å²) in [7, 11) is 0. The van der Waals surface area contributed by atoms with Gasteiger partial charge in [0.2, 0.25) is 5.91 Å². The van der Waals surface area contributed by atoms with E-state index in [2.05, 4.69) is 16.4 Å². The zero-order valence-corrected chi connectivity index (χ0v) is 29.1. The number of rotatable bonds is 21. The summed E-state index contributed by atoms with van der Waals surface area (Å²) in [6.07, 6.45) is 4.96. The lowest BCUT2D eigenvalue weighted by molar-refractivity contribution is -0.115. The first kappa shape index (κ1) is 37.2. The van der Waals surface area contributed by atoms with Crippen molar-refractivity contribution in [1.29, 1.82) is 0 Å². The van der Waals surface area contributed by atoms with Crippen molar-refractivity contribution < 1.29 is 23.7 Å². The molecule has 51 heavy (non-hydrogen) atoms. The Hall–Kier alpha value is -5.07. The van der Waals surface area contributed by atoms with Crippen LogP contribution in [0.15, 0.2) is 85.1 Å². The molecule has 4 aromatic carbocycles. The van der Waals surface area contributed by atoms with Crippen LogP contribution < -0.4 is 47.2 Å². The number of carbonyl (C=O) groups is 1. The van der Waals surface area contributed by atoms with Crippen LogP contribution >= 0.6 is 0 Å². The molecule has 0 saturated carbocycles. The van der Waals surface area contributed by atoms with Gasteiger partial charge < -0.3 is 52.2 Å². The number of amides is 1. The summed E-state index contributed by atoms with van der Waals surface area (Å²) in [6.45, 7) is 3.99. The lowest BCUT2D eigenvalue weighted by Crippen LogP contribution is -2.14. The molecule has 0 aliphatic rings. The average molecular weight is 695 g/mol. The Labute approximate surface area is 299 Å². The fourth-order valence-corrected chi connectivity index (χ4v) is 5.59. The number of carbonyl (C=O) groups excluding carboxylic acids is 1. The molecule has 0 radical (unpaired) electrons. The van der Waals surface area contributed by atoms with Gasteiger partial charge in [-0.25, -0.2) is 0 Å². The second-order valence-corrected chi connectivity index (χ2v) is 12.2. The predicted molar refractivity (Wildman–Crippen MR) is 205 cm³/mol. The van der Waals surface area contributed by atoms with Crippen LogP contribution in [0.3, 0.4) is 0 Å². The van der Waals surface area contributed by atoms with Gasteiger partial charge in [-0.2, -0.15) is 0 Å². The van der Waals surface area contributed by atoms with Gasteiger partial charge in [0.05, 0.1) is 32.8 Å². The molecule has 0 aliphatic carbocycles. The molecule has 1 heterocycles. The molecule has 5 rings (SSSR count). The number of fused-ring (bicyclic) bond motifs is 1. The highest BCUT2D eigenvalue weighted by Crippen LogP contribution is 2.37. The standard InChI is InChI=1S/C40H50N6O5/c41-9-3-13-48-34-20-30(21-35(25-34)49-14-4-10-42)28-17-29(31-22-36(50-15-5-11-43)26-37(23-31)51-16-6-12-44)19-33(18-28)46-40(47)24-32-27-45-39-8-2-1-7-38(32)39/h1-2,7-8,17-23,25-27,45H,3-6,9-16,24,41-44H2,(H,46,47). The first-order valence-electron chi connectivity index (χ1n) is 17.6. The second-order valence-electron chi connectivity index (χ2n) is 12.2. The number of nitrogens with two attached hydrogens (primary N) is 4. The van der Waals surface area contributed by atoms with E-state index in [1.54, 1.807) is 0 Å². The number of hydrogen-bond acceptors (Lipinski definition) is 9. The maximum atomic E-state index is 13.6. The number of ether oxygens (including phenoxy) is 4. The summed E-state index contributed by atoms with van der Waals surface area (Å²) in [5.41, 5.74) is 28.9. The molecular formula is C40H50N6O5. The third kappa shape index (κ3) is 11.0. The number of benzene rings is 4. The number of aromatic nitrogens is 1. The van der Waals surface area contributed by atoms with E-state index in [1.165, 1.54) is 0 Å². The molecule has 0 bridgehead atoms. The zero-order valence-electron chi connectivity index (χ0n) is 29.1. The number of anilines is 1. The van der Waals surface area contributed by atoms with Crippen LogP contribution in [-0.4, -0.2) is 63.5 Å². The highest BCUT2D eigenvalue weighted by Gasteiger charge is 2.15. The van der Waals surface area contributed by atoms with Crippen molar-refractivity contribution in [2.75, 3.05) is 57.9 Å². The SMILES string of the molecule is NCCCOc1cc(OCCCN)cc(-c2cc(NC(=O)Cc3c[nH]c4ccccc34)cc(-c3cc(OCCCN)cc(OCCCN)c3)c2)c1. The topological polar surface area (TPSA) is 186 Å². The van der Waals surface area contributed by atoms with Gasteiger partial charge in [-0.3, -0.25) is 4.79 Å². The van der Waals surface area contributed by atoms with Gasteiger partial charge in [-0.15, -0.1) is 0 Å². The third-order valence-electron chi connectivity index (χ3n) is 8.14. The van der Waals surface area contributed by atoms with Crippen molar-refractivity contribution in [3.05, 3.63) is 90.6 Å². The summed E-state index contributed by atoms with van der Waals surface area (Å²) in [6, 6.07) is 25.6. The van der Waals surface area contributed by atoms with Gasteiger partial charge in [-0.1, -0.05) is 18.2 Å². The first-order valence-corrected chi connectivity index (χ1v) is 17.6. The molecule has 270 valence electrons. The Kier molecular flexibility index (Phi) is 14.1. The van der Waals surface area contributed by atoms with E-state index >= 15 is 0 Å². The normalized spacial score (nSPS) is 11.1. The molecule has 5 aromatic rings. The van der Waals surface area contributed by atoms with Crippen molar-refractivity contribution in [2.24, 2.45) is 22.9 Å². The average Bonchev–Trinajstić information content (AvgIpc) is 3.54. The number of para-hydroxylation sites is 1. The van der Waals surface area contributed by atoms with Crippen LogP contribution in [0, 0.1) is 0 Å². The lowest BCUT2D eigenvalue weighted by Gasteiger charge is -2.16. The highest BCUT2D eigenvalue weighted by atomic mass is 16.5. The van der Waals surface area contributed by atoms with Crippen molar-refractivity contribution in [3.63, 3.8) is 0 Å². The van der Waals surface area contributed by atoms with Crippen molar-refractivity contribution >= 4 is 22.5 Å². The molecule has 0 atom stereocenters. The number of aromatic amines is 1. The monoisotopic (exact) mass is 694 g/mol. The van der Waals surface area contributed by atoms with E-state index in [0.29, 0.717) is 81.3 Å². The lowest BCUT2D eigenvalue weighted by atomic mass is 9.97. The van der Waals surface area contributed by atoms with Crippen LogP contribution in [0.4, 0.5) is 5.69 Å². The van der Waals surface area contributed by atoms with Crippen LogP contribution in [-0.2, 0) is 11.2 Å². The Bertz CT molecular complexity index is 1720. The number of nitrogens with one attached hydrogen (secondary N) is 2. The summed E-state index contributed by atoms with van der Waals surface area (Å²) in [5.74, 6) is 2.49. The fourth-order valence-electron chi connectivity index (χ4n) is 5.59. The maximum Gasteiger partial charge on any atom is 0.228 e. The molecule has 10 N–H and O–H groups in total. The van der Waals surface area contributed by atoms with E-state index in [-0.39, 0.29) is 12.3 Å². The van der Waals surface area contributed by atoms with Crippen LogP contribution in [0.2, 0.25) is 0 Å². The quantitative estimate of drug-likeness (QED) is 0.0533. The summed E-state index contributed by atoms with van der Waals surface area (Å²) < 4.78 is 24.3. The van der Waals surface area contributed by atoms with E-state index in [0.717, 1.165) is 64.4 Å². The van der Waals surface area contributed by atoms with Gasteiger partial charge in [0.1, 0.15) is 23.0 Å².